The highest BCUT2D eigenvalue weighted by Gasteiger charge is 2.76. The summed E-state index contributed by atoms with van der Waals surface area (Å²) >= 11 is 0. The number of methoxy groups -OCH3 is 2. The van der Waals surface area contributed by atoms with Crippen LogP contribution in [0.25, 0.3) is 0 Å². The fraction of sp³-hybridized carbons (Fsp3) is 0.491. The molecule has 3 saturated heterocycles. The lowest BCUT2D eigenvalue weighted by Gasteiger charge is -2.46. The Labute approximate surface area is 440 Å². The minimum Gasteiger partial charge on any atom is -0.497 e. The lowest BCUT2D eigenvalue weighted by Crippen LogP contribution is -2.57. The van der Waals surface area contributed by atoms with Gasteiger partial charge in [-0.25, -0.2) is 18.8 Å². The molecule has 406 valence electrons. The molecule has 21 nitrogen and oxygen atoms in total. The SMILES string of the molecule is COc1ccc(C(OC[C@]23O[C@@H](n4cc(C)c(=O)[nH]c4=O)[C@@H]4[C@H](C)[C@H]2O[P@@](=O)(OC[C@H]2O[C@@H](n5cc(C)c(=O)[nH]c5=O)C[C@@H]2OP(OCCC#N)N(C(C)C)C(C)C)O[C@@H]43)(c2ccccc2)c2ccc(OC)cc2)cc1. The van der Waals surface area contributed by atoms with Gasteiger partial charge >= 0.3 is 19.2 Å². The Morgan fingerprint density at radius 2 is 1.38 bits per heavy atom. The van der Waals surface area contributed by atoms with Crippen molar-refractivity contribution in [2.24, 2.45) is 11.8 Å². The van der Waals surface area contributed by atoms with E-state index in [1.54, 1.807) is 28.1 Å². The number of hydrogen-bond donors (Lipinski definition) is 2. The maximum atomic E-state index is 15.4. The van der Waals surface area contributed by atoms with Gasteiger partial charge in [0.05, 0.1) is 52.6 Å². The first-order valence-corrected chi connectivity index (χ1v) is 27.8. The van der Waals surface area contributed by atoms with Crippen molar-refractivity contribution < 1.29 is 50.9 Å². The highest BCUT2D eigenvalue weighted by Crippen LogP contribution is 2.71. The molecule has 3 aromatic carbocycles. The fourth-order valence-electron chi connectivity index (χ4n) is 11.0. The number of H-pyrrole nitrogens is 2. The van der Waals surface area contributed by atoms with Gasteiger partial charge in [-0.1, -0.05) is 61.5 Å². The van der Waals surface area contributed by atoms with Crippen LogP contribution in [0.4, 0.5) is 0 Å². The number of aryl methyl sites for hydroxylation is 2. The molecule has 0 amide bonds. The molecule has 1 unspecified atom stereocenters. The summed E-state index contributed by atoms with van der Waals surface area (Å²) in [6, 6.07) is 26.6. The number of phosphoric ester groups is 1. The molecule has 0 radical (unpaired) electrons. The van der Waals surface area contributed by atoms with Crippen LogP contribution in [0.1, 0.15) is 87.7 Å². The number of nitrogens with one attached hydrogen (secondary N) is 2. The number of nitriles is 1. The first-order valence-electron chi connectivity index (χ1n) is 25.2. The average Bonchev–Trinajstić information content (AvgIpc) is 4.14. The topological polar surface area (TPSA) is 246 Å². The molecule has 4 aliphatic rings. The van der Waals surface area contributed by atoms with Crippen LogP contribution in [0.5, 0.6) is 11.5 Å². The molecule has 2 N–H and O–H groups in total. The number of phosphoric acid groups is 1. The zero-order chi connectivity index (χ0) is 54.3. The van der Waals surface area contributed by atoms with Crippen LogP contribution in [0.2, 0.25) is 0 Å². The van der Waals surface area contributed by atoms with Crippen LogP contribution >= 0.6 is 16.3 Å². The monoisotopic (exact) mass is 1090 g/mol. The Kier molecular flexibility index (Phi) is 16.3. The van der Waals surface area contributed by atoms with Crippen LogP contribution in [-0.2, 0) is 47.0 Å². The van der Waals surface area contributed by atoms with Crippen LogP contribution in [-0.4, -0.2) is 99.9 Å². The van der Waals surface area contributed by atoms with Gasteiger partial charge in [0, 0.05) is 47.9 Å². The number of aromatic amines is 2. The van der Waals surface area contributed by atoms with Crippen LogP contribution in [0.3, 0.4) is 0 Å². The third-order valence-electron chi connectivity index (χ3n) is 14.6. The quantitative estimate of drug-likeness (QED) is 0.0422. The average molecular weight is 1090 g/mol. The molecule has 5 heterocycles. The zero-order valence-corrected chi connectivity index (χ0v) is 45.6. The number of aromatic nitrogens is 4. The van der Waals surface area contributed by atoms with Gasteiger partial charge in [-0.3, -0.25) is 42.3 Å². The van der Waals surface area contributed by atoms with E-state index in [2.05, 4.69) is 16.0 Å². The lowest BCUT2D eigenvalue weighted by atomic mass is 9.79. The number of ether oxygens (including phenoxy) is 5. The van der Waals surface area contributed by atoms with E-state index in [-0.39, 0.29) is 49.3 Å². The third kappa shape index (κ3) is 10.3. The van der Waals surface area contributed by atoms with Crippen LogP contribution in [0, 0.1) is 37.0 Å². The summed E-state index contributed by atoms with van der Waals surface area (Å²) in [6.45, 7) is 12.4. The molecule has 76 heavy (non-hydrogen) atoms. The molecule has 0 spiro atoms. The van der Waals surface area contributed by atoms with Crippen molar-refractivity contribution in [2.75, 3.05) is 34.0 Å². The van der Waals surface area contributed by atoms with Crippen molar-refractivity contribution in [1.29, 1.82) is 5.26 Å². The van der Waals surface area contributed by atoms with Crippen LogP contribution in [0.15, 0.2) is 110 Å². The Morgan fingerprint density at radius 1 is 0.829 bits per heavy atom. The van der Waals surface area contributed by atoms with Crippen molar-refractivity contribution in [3.63, 3.8) is 0 Å². The molecule has 1 aliphatic carbocycles. The van der Waals surface area contributed by atoms with Crippen molar-refractivity contribution in [1.82, 2.24) is 23.8 Å². The highest BCUT2D eigenvalue weighted by atomic mass is 31.2. The number of rotatable bonds is 21. The zero-order valence-electron chi connectivity index (χ0n) is 43.8. The second-order valence-electron chi connectivity index (χ2n) is 20.0. The standard InChI is InChI=1S/C53H64N6O15P2/c1-31(2)59(32(3)4)75(68-25-13-24-54)72-41-26-43(57-27-33(5)47(60)55-50(57)62)70-42(41)29-69-76(64)73-45-35(7)44-46(74-76)52(45,71-49(44)58-28-34(6)48(61)56-51(58)63)30-67-53(36-14-11-10-12-15-36,37-16-20-39(65-8)21-17-37)38-18-22-40(66-9)23-19-38/h10-12,14-23,27-28,31-32,35,41-46,49H,13,25-26,29-30H2,1-9H3,(H,55,60,62)(H,56,61,63)/t35-,41-,42+,43+,44+,45+,46-,49+,52-,75?,76+/m0/s1. The Bertz CT molecular complexity index is 3140. The van der Waals surface area contributed by atoms with Gasteiger partial charge in [-0.05, 0) is 88.4 Å². The minimum absolute atomic E-state index is 0.0540. The van der Waals surface area contributed by atoms with Gasteiger partial charge in [0.1, 0.15) is 53.5 Å². The predicted octanol–water partition coefficient (Wildman–Crippen LogP) is 7.12. The molecular weight excluding hydrogens is 1020 g/mol. The maximum absolute atomic E-state index is 15.4. The first kappa shape index (κ1) is 55.2. The van der Waals surface area contributed by atoms with Crippen molar-refractivity contribution in [3.05, 3.63) is 161 Å². The minimum atomic E-state index is -4.62. The second-order valence-corrected chi connectivity index (χ2v) is 23.0. The van der Waals surface area contributed by atoms with E-state index < -0.39 is 105 Å². The number of benzene rings is 3. The summed E-state index contributed by atoms with van der Waals surface area (Å²) in [4.78, 5) is 56.9. The van der Waals surface area contributed by atoms with Crippen LogP contribution < -0.4 is 32.0 Å². The molecule has 5 aromatic rings. The van der Waals surface area contributed by atoms with E-state index in [9.17, 15) is 24.4 Å². The highest BCUT2D eigenvalue weighted by molar-refractivity contribution is 7.48. The second kappa shape index (κ2) is 22.4. The Morgan fingerprint density at radius 3 is 1.95 bits per heavy atom. The largest absolute Gasteiger partial charge is 0.497 e. The van der Waals surface area contributed by atoms with Gasteiger partial charge in [0.25, 0.3) is 19.6 Å². The molecule has 2 aromatic heterocycles. The number of hydrogen-bond acceptors (Lipinski definition) is 17. The normalized spacial score (nSPS) is 27.3. The van der Waals surface area contributed by atoms with Gasteiger partial charge in [0.2, 0.25) is 0 Å². The van der Waals surface area contributed by atoms with Gasteiger partial charge < -0.3 is 32.7 Å². The van der Waals surface area contributed by atoms with E-state index in [0.29, 0.717) is 11.5 Å². The van der Waals surface area contributed by atoms with Gasteiger partial charge in [-0.2, -0.15) is 5.26 Å². The summed E-state index contributed by atoms with van der Waals surface area (Å²) in [5.74, 6) is 0.00758. The van der Waals surface area contributed by atoms with Crippen molar-refractivity contribution in [2.45, 2.75) is 121 Å². The molecule has 1 saturated carbocycles. The van der Waals surface area contributed by atoms with E-state index in [1.165, 1.54) is 21.5 Å². The Hall–Kier alpha value is -5.59. The molecule has 23 heteroatoms. The first-order chi connectivity index (χ1) is 36.4. The molecule has 3 aliphatic heterocycles. The lowest BCUT2D eigenvalue weighted by molar-refractivity contribution is -0.231. The molecule has 4 bridgehead atoms. The number of nitrogens with zero attached hydrogens (tertiary/aromatic N) is 4. The van der Waals surface area contributed by atoms with E-state index in [0.717, 1.165) is 16.7 Å². The van der Waals surface area contributed by atoms with E-state index in [1.807, 2.05) is 118 Å². The summed E-state index contributed by atoms with van der Waals surface area (Å²) in [7, 11) is -3.29. The summed E-state index contributed by atoms with van der Waals surface area (Å²) < 4.78 is 84.7. The molecule has 11 atom stereocenters. The Balaban J connectivity index is 1.09. The molecular formula is C53H64N6O15P2. The van der Waals surface area contributed by atoms with E-state index in [4.69, 9.17) is 46.3 Å². The van der Waals surface area contributed by atoms with Crippen molar-refractivity contribution in [3.8, 4) is 17.6 Å². The van der Waals surface area contributed by atoms with Crippen molar-refractivity contribution >= 4 is 16.3 Å². The predicted molar refractivity (Wildman–Crippen MR) is 278 cm³/mol. The summed E-state index contributed by atoms with van der Waals surface area (Å²) in [5, 5.41) is 9.39. The van der Waals surface area contributed by atoms with E-state index >= 15 is 4.57 Å². The summed E-state index contributed by atoms with van der Waals surface area (Å²) in [5.41, 5.74) is -2.72. The van der Waals surface area contributed by atoms with Gasteiger partial charge in [0.15, 0.2) is 0 Å². The molecule has 9 rings (SSSR count). The third-order valence-corrected chi connectivity index (χ3v) is 18.2. The molecule has 4 fully saturated rings. The van der Waals surface area contributed by atoms with Gasteiger partial charge in [-0.15, -0.1) is 0 Å². The maximum Gasteiger partial charge on any atom is 0.475 e. The fourth-order valence-corrected chi connectivity index (χ4v) is 14.5. The summed E-state index contributed by atoms with van der Waals surface area (Å²) in [6.07, 6.45) is -3.02. The smallest absolute Gasteiger partial charge is 0.475 e.